The van der Waals surface area contributed by atoms with Crippen LogP contribution in [-0.2, 0) is 23.2 Å². The van der Waals surface area contributed by atoms with Crippen LogP contribution in [0.2, 0.25) is 5.02 Å². The molecule has 2 N–H and O–H groups in total. The molecule has 0 aromatic heterocycles. The maximum absolute atomic E-state index is 12.4. The fraction of sp³-hybridized carbons (Fsp3) is 0.0909. The number of anilines is 1. The number of benzene rings is 3. The van der Waals surface area contributed by atoms with Crippen LogP contribution in [0.25, 0.3) is 6.08 Å². The SMILES string of the molecule is O=S(=O)(/C=C/c1cccc(CO)c1)Nc1cccc(OCc2cccc(Cl)c2)c1. The number of sulfonamides is 1. The van der Waals surface area contributed by atoms with E-state index in [1.807, 2.05) is 18.2 Å². The summed E-state index contributed by atoms with van der Waals surface area (Å²) in [7, 11) is -3.71. The van der Waals surface area contributed by atoms with Gasteiger partial charge in [0.25, 0.3) is 10.0 Å². The van der Waals surface area contributed by atoms with Gasteiger partial charge in [0.15, 0.2) is 0 Å². The standard InChI is InChI=1S/C22H20ClNO4S/c23-20-7-2-6-19(13-20)16-28-22-9-3-8-21(14-22)24-29(26,27)11-10-17-4-1-5-18(12-17)15-25/h1-14,24-25H,15-16H2/b11-10+. The van der Waals surface area contributed by atoms with Gasteiger partial charge >= 0.3 is 0 Å². The second kappa shape index (κ2) is 9.60. The van der Waals surface area contributed by atoms with Crippen LogP contribution in [0.5, 0.6) is 5.75 Å². The van der Waals surface area contributed by atoms with Crippen molar-refractivity contribution in [2.45, 2.75) is 13.2 Å². The quantitative estimate of drug-likeness (QED) is 0.538. The lowest BCUT2D eigenvalue weighted by Crippen LogP contribution is -2.09. The predicted molar refractivity (Wildman–Crippen MR) is 116 cm³/mol. The van der Waals surface area contributed by atoms with Crippen molar-refractivity contribution in [3.63, 3.8) is 0 Å². The number of ether oxygens (including phenoxy) is 1. The second-order valence-electron chi connectivity index (χ2n) is 6.30. The Morgan fingerprint density at radius 2 is 1.72 bits per heavy atom. The van der Waals surface area contributed by atoms with Gasteiger partial charge < -0.3 is 9.84 Å². The monoisotopic (exact) mass is 429 g/mol. The van der Waals surface area contributed by atoms with Crippen molar-refractivity contribution in [1.29, 1.82) is 0 Å². The number of aliphatic hydroxyl groups excluding tert-OH is 1. The molecule has 0 atom stereocenters. The summed E-state index contributed by atoms with van der Waals surface area (Å²) in [6.07, 6.45) is 1.47. The highest BCUT2D eigenvalue weighted by Gasteiger charge is 2.07. The highest BCUT2D eigenvalue weighted by molar-refractivity contribution is 7.95. The van der Waals surface area contributed by atoms with Crippen molar-refractivity contribution in [2.24, 2.45) is 0 Å². The molecule has 0 spiro atoms. The molecule has 0 saturated heterocycles. The molecule has 0 amide bonds. The van der Waals surface area contributed by atoms with E-state index < -0.39 is 10.0 Å². The number of aliphatic hydroxyl groups is 1. The highest BCUT2D eigenvalue weighted by Crippen LogP contribution is 2.21. The average Bonchev–Trinajstić information content (AvgIpc) is 2.71. The first-order valence-corrected chi connectivity index (χ1v) is 10.7. The van der Waals surface area contributed by atoms with Crippen LogP contribution in [0, 0.1) is 0 Å². The summed E-state index contributed by atoms with van der Waals surface area (Å²) < 4.78 is 32.9. The first kappa shape index (κ1) is 20.9. The van der Waals surface area contributed by atoms with Crippen LogP contribution in [0.1, 0.15) is 16.7 Å². The van der Waals surface area contributed by atoms with E-state index in [0.717, 1.165) is 11.0 Å². The van der Waals surface area contributed by atoms with E-state index in [1.54, 1.807) is 54.6 Å². The van der Waals surface area contributed by atoms with Gasteiger partial charge in [-0.05, 0) is 53.1 Å². The zero-order chi connectivity index (χ0) is 20.7. The molecule has 3 aromatic rings. The Morgan fingerprint density at radius 1 is 0.966 bits per heavy atom. The lowest BCUT2D eigenvalue weighted by molar-refractivity contribution is 0.282. The van der Waals surface area contributed by atoms with Crippen LogP contribution < -0.4 is 9.46 Å². The molecule has 7 heteroatoms. The van der Waals surface area contributed by atoms with Crippen molar-refractivity contribution >= 4 is 33.4 Å². The van der Waals surface area contributed by atoms with E-state index in [0.29, 0.717) is 34.2 Å². The van der Waals surface area contributed by atoms with E-state index in [4.69, 9.17) is 21.4 Å². The lowest BCUT2D eigenvalue weighted by atomic mass is 10.1. The van der Waals surface area contributed by atoms with Gasteiger partial charge in [0.05, 0.1) is 17.7 Å². The molecule has 0 aliphatic rings. The fourth-order valence-electron chi connectivity index (χ4n) is 2.60. The molecule has 0 fully saturated rings. The number of nitrogens with one attached hydrogen (secondary N) is 1. The predicted octanol–water partition coefficient (Wildman–Crippen LogP) is 4.82. The van der Waals surface area contributed by atoms with Crippen molar-refractivity contribution in [1.82, 2.24) is 0 Å². The van der Waals surface area contributed by atoms with E-state index in [-0.39, 0.29) is 6.61 Å². The van der Waals surface area contributed by atoms with Crippen LogP contribution in [0.15, 0.2) is 78.2 Å². The van der Waals surface area contributed by atoms with E-state index in [1.165, 1.54) is 6.08 Å². The topological polar surface area (TPSA) is 75.6 Å². The molecule has 5 nitrogen and oxygen atoms in total. The normalized spacial score (nSPS) is 11.5. The van der Waals surface area contributed by atoms with Gasteiger partial charge in [-0.3, -0.25) is 4.72 Å². The summed E-state index contributed by atoms with van der Waals surface area (Å²) in [6, 6.07) is 21.0. The molecule has 0 aliphatic heterocycles. The molecule has 0 aliphatic carbocycles. The van der Waals surface area contributed by atoms with Crippen LogP contribution >= 0.6 is 11.6 Å². The summed E-state index contributed by atoms with van der Waals surface area (Å²) in [5.41, 5.74) is 2.70. The Balaban J connectivity index is 1.65. The fourth-order valence-corrected chi connectivity index (χ4v) is 3.68. The van der Waals surface area contributed by atoms with E-state index in [9.17, 15) is 8.42 Å². The Labute approximate surface area is 175 Å². The Morgan fingerprint density at radius 3 is 2.52 bits per heavy atom. The van der Waals surface area contributed by atoms with Crippen LogP contribution in [0.4, 0.5) is 5.69 Å². The molecule has 3 rings (SSSR count). The van der Waals surface area contributed by atoms with Crippen molar-refractivity contribution in [3.8, 4) is 5.75 Å². The minimum Gasteiger partial charge on any atom is -0.489 e. The molecular weight excluding hydrogens is 410 g/mol. The van der Waals surface area contributed by atoms with Crippen LogP contribution in [-0.4, -0.2) is 13.5 Å². The van der Waals surface area contributed by atoms with E-state index >= 15 is 0 Å². The minimum absolute atomic E-state index is 0.103. The Kier molecular flexibility index (Phi) is 6.93. The van der Waals surface area contributed by atoms with Crippen molar-refractivity contribution < 1.29 is 18.3 Å². The van der Waals surface area contributed by atoms with Crippen molar-refractivity contribution in [3.05, 3.63) is 99.9 Å². The van der Waals surface area contributed by atoms with Gasteiger partial charge in [-0.25, -0.2) is 8.42 Å². The second-order valence-corrected chi connectivity index (χ2v) is 8.30. The summed E-state index contributed by atoms with van der Waals surface area (Å²) in [5, 5.41) is 10.9. The molecule has 3 aromatic carbocycles. The van der Waals surface area contributed by atoms with Crippen molar-refractivity contribution in [2.75, 3.05) is 4.72 Å². The third-order valence-electron chi connectivity index (χ3n) is 3.96. The smallest absolute Gasteiger partial charge is 0.255 e. The van der Waals surface area contributed by atoms with Gasteiger partial charge in [-0.2, -0.15) is 0 Å². The molecule has 29 heavy (non-hydrogen) atoms. The number of rotatable bonds is 8. The minimum atomic E-state index is -3.71. The summed E-state index contributed by atoms with van der Waals surface area (Å²) in [5.74, 6) is 0.532. The molecule has 150 valence electrons. The van der Waals surface area contributed by atoms with E-state index in [2.05, 4.69) is 4.72 Å². The third-order valence-corrected chi connectivity index (χ3v) is 5.21. The number of halogens is 1. The van der Waals surface area contributed by atoms with Gasteiger partial charge in [0, 0.05) is 11.1 Å². The molecule has 0 unspecified atom stereocenters. The molecule has 0 bridgehead atoms. The summed E-state index contributed by atoms with van der Waals surface area (Å²) in [4.78, 5) is 0. The highest BCUT2D eigenvalue weighted by atomic mass is 35.5. The molecule has 0 radical (unpaired) electrons. The van der Waals surface area contributed by atoms with Gasteiger partial charge in [0.1, 0.15) is 12.4 Å². The first-order valence-electron chi connectivity index (χ1n) is 8.81. The number of hydrogen-bond acceptors (Lipinski definition) is 4. The van der Waals surface area contributed by atoms with Gasteiger partial charge in [0.2, 0.25) is 0 Å². The summed E-state index contributed by atoms with van der Waals surface area (Å²) >= 11 is 5.96. The average molecular weight is 430 g/mol. The largest absolute Gasteiger partial charge is 0.489 e. The third kappa shape index (κ3) is 6.64. The lowest BCUT2D eigenvalue weighted by Gasteiger charge is -2.09. The maximum Gasteiger partial charge on any atom is 0.255 e. The zero-order valence-electron chi connectivity index (χ0n) is 15.5. The molecule has 0 saturated carbocycles. The number of hydrogen-bond donors (Lipinski definition) is 2. The summed E-state index contributed by atoms with van der Waals surface area (Å²) in [6.45, 7) is 0.215. The molecule has 0 heterocycles. The van der Waals surface area contributed by atoms with Gasteiger partial charge in [-0.15, -0.1) is 0 Å². The maximum atomic E-state index is 12.4. The Hall–Kier alpha value is -2.80. The van der Waals surface area contributed by atoms with Gasteiger partial charge in [-0.1, -0.05) is 48.0 Å². The van der Waals surface area contributed by atoms with Crippen LogP contribution in [0.3, 0.4) is 0 Å². The zero-order valence-corrected chi connectivity index (χ0v) is 17.0. The Bertz CT molecular complexity index is 1110. The molecular formula is C22H20ClNO4S. The first-order chi connectivity index (χ1) is 13.9.